The molecule has 0 radical (unpaired) electrons. The molecule has 0 aromatic rings. The highest BCUT2D eigenvalue weighted by molar-refractivity contribution is 6.12. The third-order valence-electron chi connectivity index (χ3n) is 1.16. The lowest BCUT2D eigenvalue weighted by atomic mass is 10.6. The lowest BCUT2D eigenvalue weighted by molar-refractivity contribution is -0.141. The highest BCUT2D eigenvalue weighted by atomic mass is 16.5. The summed E-state index contributed by atoms with van der Waals surface area (Å²) in [5, 5.41) is 0. The summed E-state index contributed by atoms with van der Waals surface area (Å²) < 4.78 is 4.61. The molecule has 1 rings (SSSR count). The zero-order valence-electron chi connectivity index (χ0n) is 5.53. The fourth-order valence-corrected chi connectivity index (χ4v) is 0.687. The van der Waals surface area contributed by atoms with Gasteiger partial charge in [0.15, 0.2) is 0 Å². The van der Waals surface area contributed by atoms with E-state index < -0.39 is 0 Å². The number of nitrogens with zero attached hydrogens (tertiary/aromatic N) is 1. The Hall–Kier alpha value is -1.16. The van der Waals surface area contributed by atoms with Crippen molar-refractivity contribution >= 4 is 11.8 Å². The van der Waals surface area contributed by atoms with Gasteiger partial charge in [-0.15, -0.1) is 0 Å². The summed E-state index contributed by atoms with van der Waals surface area (Å²) in [5.41, 5.74) is 0. The second-order valence-electron chi connectivity index (χ2n) is 1.86. The van der Waals surface area contributed by atoms with E-state index in [2.05, 4.69) is 4.74 Å². The molecular weight excluding hydrogens is 146 g/mol. The lowest BCUT2D eigenvalue weighted by Crippen LogP contribution is -2.31. The van der Waals surface area contributed by atoms with Gasteiger partial charge in [-0.2, -0.15) is 0 Å². The van der Waals surface area contributed by atoms with Crippen molar-refractivity contribution in [1.82, 2.24) is 4.90 Å². The number of hydrogen-bond acceptors (Lipinski definition) is 3. The largest absolute Gasteiger partial charge is 0.364 e. The average molecular weight is 157 g/mol. The molecule has 0 aliphatic carbocycles. The van der Waals surface area contributed by atoms with Crippen LogP contribution in [0.15, 0.2) is 12.2 Å². The number of hydrogen-bond donors (Lipinski definition) is 0. The van der Waals surface area contributed by atoms with Crippen LogP contribution >= 0.6 is 0 Å². The van der Waals surface area contributed by atoms with Crippen LogP contribution in [0.25, 0.3) is 0 Å². The van der Waals surface area contributed by atoms with Crippen molar-refractivity contribution in [2.45, 2.75) is 7.43 Å². The Morgan fingerprint density at radius 3 is 2.18 bits per heavy atom. The van der Waals surface area contributed by atoms with Crippen LogP contribution in [0.1, 0.15) is 7.43 Å². The second-order valence-corrected chi connectivity index (χ2v) is 1.86. The van der Waals surface area contributed by atoms with Crippen molar-refractivity contribution in [3.05, 3.63) is 12.2 Å². The quantitative estimate of drug-likeness (QED) is 0.536. The van der Waals surface area contributed by atoms with Gasteiger partial charge < -0.3 is 4.74 Å². The molecule has 4 heteroatoms. The fraction of sp³-hybridized carbons (Fsp3) is 0.429. The van der Waals surface area contributed by atoms with E-state index in [9.17, 15) is 9.59 Å². The molecule has 1 aliphatic heterocycles. The smallest absolute Gasteiger partial charge is 0.255 e. The molecule has 0 bridgehead atoms. The van der Waals surface area contributed by atoms with Crippen LogP contribution in [-0.2, 0) is 14.3 Å². The standard InChI is InChI=1S/C6H7NO3.CH4/c1-10-4-7-5(8)2-3-6(7)9;/h2-3H,4H2,1H3;1H4. The lowest BCUT2D eigenvalue weighted by Gasteiger charge is -2.10. The highest BCUT2D eigenvalue weighted by Gasteiger charge is 2.22. The van der Waals surface area contributed by atoms with E-state index in [1.165, 1.54) is 19.3 Å². The molecule has 1 heterocycles. The van der Waals surface area contributed by atoms with E-state index in [0.717, 1.165) is 4.90 Å². The Bertz CT molecular complexity index is 180. The van der Waals surface area contributed by atoms with Gasteiger partial charge in [-0.3, -0.25) is 14.5 Å². The molecule has 0 saturated carbocycles. The van der Waals surface area contributed by atoms with Crippen molar-refractivity contribution in [3.8, 4) is 0 Å². The van der Waals surface area contributed by atoms with Crippen LogP contribution < -0.4 is 0 Å². The predicted octanol–water partition coefficient (Wildman–Crippen LogP) is 0.151. The van der Waals surface area contributed by atoms with Crippen LogP contribution in [0.2, 0.25) is 0 Å². The summed E-state index contributed by atoms with van der Waals surface area (Å²) in [4.78, 5) is 22.4. The number of carbonyl (C=O) groups excluding carboxylic acids is 2. The molecule has 0 unspecified atom stereocenters. The first-order valence-electron chi connectivity index (χ1n) is 2.78. The maximum absolute atomic E-state index is 10.7. The van der Waals surface area contributed by atoms with Gasteiger partial charge in [-0.1, -0.05) is 7.43 Å². The van der Waals surface area contributed by atoms with Crippen molar-refractivity contribution in [3.63, 3.8) is 0 Å². The number of amides is 2. The summed E-state index contributed by atoms with van der Waals surface area (Å²) >= 11 is 0. The predicted molar refractivity (Wildman–Crippen MR) is 39.6 cm³/mol. The van der Waals surface area contributed by atoms with E-state index >= 15 is 0 Å². The number of carbonyl (C=O) groups is 2. The highest BCUT2D eigenvalue weighted by Crippen LogP contribution is 2.01. The van der Waals surface area contributed by atoms with Crippen LogP contribution in [0.4, 0.5) is 0 Å². The molecule has 0 fully saturated rings. The molecule has 1 aliphatic rings. The average Bonchev–Trinajstić information content (AvgIpc) is 2.20. The molecular formula is C7H11NO3. The SMILES string of the molecule is C.COCN1C(=O)C=CC1=O. The minimum absolute atomic E-state index is 0. The molecule has 2 amide bonds. The summed E-state index contributed by atoms with van der Waals surface area (Å²) in [6.45, 7) is 0.0324. The summed E-state index contributed by atoms with van der Waals surface area (Å²) in [5.74, 6) is -0.626. The van der Waals surface area contributed by atoms with Gasteiger partial charge >= 0.3 is 0 Å². The molecule has 0 spiro atoms. The maximum atomic E-state index is 10.7. The Labute approximate surface area is 65.4 Å². The molecule has 11 heavy (non-hydrogen) atoms. The molecule has 0 atom stereocenters. The first-order chi connectivity index (χ1) is 4.75. The van der Waals surface area contributed by atoms with E-state index in [1.807, 2.05) is 0 Å². The van der Waals surface area contributed by atoms with E-state index in [1.54, 1.807) is 0 Å². The normalized spacial score (nSPS) is 15.5. The van der Waals surface area contributed by atoms with E-state index in [-0.39, 0.29) is 26.0 Å². The molecule has 0 saturated heterocycles. The van der Waals surface area contributed by atoms with Crippen molar-refractivity contribution < 1.29 is 14.3 Å². The van der Waals surface area contributed by atoms with Gasteiger partial charge in [0.05, 0.1) is 0 Å². The minimum atomic E-state index is -0.313. The third kappa shape index (κ3) is 1.88. The molecule has 62 valence electrons. The van der Waals surface area contributed by atoms with Gasteiger partial charge in [0.2, 0.25) is 0 Å². The number of methoxy groups -OCH3 is 1. The van der Waals surface area contributed by atoms with Gasteiger partial charge in [0, 0.05) is 19.3 Å². The monoisotopic (exact) mass is 157 g/mol. The molecule has 0 N–H and O–H groups in total. The van der Waals surface area contributed by atoms with Crippen LogP contribution in [0.3, 0.4) is 0 Å². The minimum Gasteiger partial charge on any atom is -0.364 e. The van der Waals surface area contributed by atoms with Crippen LogP contribution in [0, 0.1) is 0 Å². The Morgan fingerprint density at radius 1 is 1.36 bits per heavy atom. The Morgan fingerprint density at radius 2 is 1.82 bits per heavy atom. The van der Waals surface area contributed by atoms with Crippen molar-refractivity contribution in [1.29, 1.82) is 0 Å². The summed E-state index contributed by atoms with van der Waals surface area (Å²) in [6.07, 6.45) is 2.45. The zero-order valence-corrected chi connectivity index (χ0v) is 5.53. The summed E-state index contributed by atoms with van der Waals surface area (Å²) in [7, 11) is 1.43. The number of rotatable bonds is 2. The fourth-order valence-electron chi connectivity index (χ4n) is 0.687. The summed E-state index contributed by atoms with van der Waals surface area (Å²) in [6, 6.07) is 0. The Balaban J connectivity index is 0.000001000. The first kappa shape index (κ1) is 9.84. The zero-order chi connectivity index (χ0) is 7.56. The van der Waals surface area contributed by atoms with Crippen LogP contribution in [0.5, 0.6) is 0 Å². The van der Waals surface area contributed by atoms with E-state index in [4.69, 9.17) is 0 Å². The van der Waals surface area contributed by atoms with E-state index in [0.29, 0.717) is 0 Å². The van der Waals surface area contributed by atoms with Gasteiger partial charge in [0.25, 0.3) is 11.8 Å². The first-order valence-corrected chi connectivity index (χ1v) is 2.78. The van der Waals surface area contributed by atoms with Gasteiger partial charge in [-0.25, -0.2) is 0 Å². The second kappa shape index (κ2) is 3.88. The maximum Gasteiger partial charge on any atom is 0.255 e. The van der Waals surface area contributed by atoms with Crippen LogP contribution in [-0.4, -0.2) is 30.6 Å². The van der Waals surface area contributed by atoms with Crippen molar-refractivity contribution in [2.24, 2.45) is 0 Å². The third-order valence-corrected chi connectivity index (χ3v) is 1.16. The number of imide groups is 1. The van der Waals surface area contributed by atoms with Gasteiger partial charge in [0.1, 0.15) is 6.73 Å². The van der Waals surface area contributed by atoms with Gasteiger partial charge in [-0.05, 0) is 0 Å². The topological polar surface area (TPSA) is 46.6 Å². The number of ether oxygens (including phenoxy) is 1. The van der Waals surface area contributed by atoms with Crippen molar-refractivity contribution in [2.75, 3.05) is 13.8 Å². The Kier molecular flexibility index (Phi) is 3.47. The molecule has 0 aromatic heterocycles. The molecule has 4 nitrogen and oxygen atoms in total. The molecule has 0 aromatic carbocycles.